The molecule has 0 saturated heterocycles. The van der Waals surface area contributed by atoms with Crippen LogP contribution in [-0.2, 0) is 6.54 Å². The van der Waals surface area contributed by atoms with Gasteiger partial charge in [-0.05, 0) is 48.7 Å². The van der Waals surface area contributed by atoms with Crippen LogP contribution in [0.1, 0.15) is 16.7 Å². The number of hydrogen-bond donors (Lipinski definition) is 1. The third-order valence-electron chi connectivity index (χ3n) is 4.44. The summed E-state index contributed by atoms with van der Waals surface area (Å²) in [5.41, 5.74) is 1.53. The van der Waals surface area contributed by atoms with Crippen LogP contribution >= 0.6 is 11.6 Å². The van der Waals surface area contributed by atoms with E-state index in [0.29, 0.717) is 22.4 Å². The minimum absolute atomic E-state index is 0.0116. The van der Waals surface area contributed by atoms with Crippen LogP contribution in [0.5, 0.6) is 11.5 Å². The highest BCUT2D eigenvalue weighted by Gasteiger charge is 2.15. The fraction of sp³-hybridized carbons (Fsp3) is 0.238. The molecule has 0 atom stereocenters. The zero-order valence-corrected chi connectivity index (χ0v) is 17.6. The van der Waals surface area contributed by atoms with E-state index >= 15 is 0 Å². The number of ether oxygens (including phenoxy) is 2. The Labute approximate surface area is 181 Å². The van der Waals surface area contributed by atoms with Crippen LogP contribution in [0, 0.1) is 19.7 Å². The summed E-state index contributed by atoms with van der Waals surface area (Å²) < 4.78 is 50.3. The summed E-state index contributed by atoms with van der Waals surface area (Å²) in [6, 6.07) is 7.11. The molecule has 3 rings (SSSR count). The number of aromatic nitrogens is 2. The van der Waals surface area contributed by atoms with Crippen molar-refractivity contribution >= 4 is 23.2 Å². The molecular formula is C21H19ClF3N3O3. The Kier molecular flexibility index (Phi) is 6.74. The van der Waals surface area contributed by atoms with Gasteiger partial charge in [0.15, 0.2) is 0 Å². The minimum atomic E-state index is -2.98. The third kappa shape index (κ3) is 5.49. The van der Waals surface area contributed by atoms with E-state index in [2.05, 4.69) is 15.0 Å². The lowest BCUT2D eigenvalue weighted by molar-refractivity contribution is -0.0502. The molecule has 0 radical (unpaired) electrons. The predicted octanol–water partition coefficient (Wildman–Crippen LogP) is 5.05. The summed E-state index contributed by atoms with van der Waals surface area (Å²) in [6.45, 7) is 0.530. The average Bonchev–Trinajstić information content (AvgIpc) is 2.66. The number of hydrogen-bond acceptors (Lipinski definition) is 5. The molecule has 0 aliphatic heterocycles. The van der Waals surface area contributed by atoms with Gasteiger partial charge in [0.05, 0.1) is 19.9 Å². The van der Waals surface area contributed by atoms with E-state index in [1.54, 1.807) is 26.0 Å². The first-order valence-electron chi connectivity index (χ1n) is 9.09. The standard InChI is InChI=1S/C21H19ClF3N3O3/c1-11-4-12(2)17(31-20(24)25)8-16(11)26-21-27-19(29)18(30-3)10-28(21)9-13-5-14(22)7-15(23)6-13/h4-8,10,20H,9H2,1-3H3,(H,26,27,29). The SMILES string of the molecule is COc1cn(Cc2cc(F)cc(Cl)c2)c(Nc2cc(OC(F)F)c(C)cc2C)nc1=O. The molecule has 3 aromatic rings. The first-order chi connectivity index (χ1) is 14.7. The molecule has 164 valence electrons. The number of aryl methyl sites for hydroxylation is 2. The normalized spacial score (nSPS) is 11.0. The lowest BCUT2D eigenvalue weighted by Crippen LogP contribution is -2.19. The van der Waals surface area contributed by atoms with Gasteiger partial charge in [0.25, 0.3) is 0 Å². The van der Waals surface area contributed by atoms with Crippen LogP contribution in [-0.4, -0.2) is 23.3 Å². The smallest absolute Gasteiger partial charge is 0.387 e. The van der Waals surface area contributed by atoms with E-state index in [9.17, 15) is 18.0 Å². The van der Waals surface area contributed by atoms with Gasteiger partial charge < -0.3 is 19.4 Å². The van der Waals surface area contributed by atoms with Crippen LogP contribution in [0.2, 0.25) is 5.02 Å². The number of anilines is 2. The summed E-state index contributed by atoms with van der Waals surface area (Å²) in [5, 5.41) is 3.18. The number of nitrogens with zero attached hydrogens (tertiary/aromatic N) is 2. The van der Waals surface area contributed by atoms with Crippen molar-refractivity contribution in [3.05, 3.63) is 74.4 Å². The fourth-order valence-corrected chi connectivity index (χ4v) is 3.29. The molecule has 0 aliphatic rings. The van der Waals surface area contributed by atoms with E-state index in [1.165, 1.54) is 36.1 Å². The maximum atomic E-state index is 13.8. The van der Waals surface area contributed by atoms with Gasteiger partial charge in [0.1, 0.15) is 11.6 Å². The van der Waals surface area contributed by atoms with Gasteiger partial charge in [-0.2, -0.15) is 13.8 Å². The highest BCUT2D eigenvalue weighted by atomic mass is 35.5. The Morgan fingerprint density at radius 2 is 1.87 bits per heavy atom. The van der Waals surface area contributed by atoms with Crippen LogP contribution in [0.25, 0.3) is 0 Å². The molecule has 0 fully saturated rings. The van der Waals surface area contributed by atoms with Gasteiger partial charge in [-0.15, -0.1) is 0 Å². The van der Waals surface area contributed by atoms with Crippen molar-refractivity contribution in [1.29, 1.82) is 0 Å². The molecule has 0 aliphatic carbocycles. The number of methoxy groups -OCH3 is 1. The lowest BCUT2D eigenvalue weighted by Gasteiger charge is -2.18. The van der Waals surface area contributed by atoms with Gasteiger partial charge in [0.2, 0.25) is 11.7 Å². The van der Waals surface area contributed by atoms with Gasteiger partial charge in [-0.3, -0.25) is 4.79 Å². The molecule has 1 N–H and O–H groups in total. The van der Waals surface area contributed by atoms with Crippen LogP contribution in [0.3, 0.4) is 0 Å². The zero-order chi connectivity index (χ0) is 22.7. The molecule has 2 aromatic carbocycles. The fourth-order valence-electron chi connectivity index (χ4n) is 3.04. The number of halogens is 4. The van der Waals surface area contributed by atoms with E-state index in [-0.39, 0.29) is 29.0 Å². The Morgan fingerprint density at radius 1 is 1.13 bits per heavy atom. The largest absolute Gasteiger partial charge is 0.490 e. The molecule has 1 heterocycles. The summed E-state index contributed by atoms with van der Waals surface area (Å²) in [7, 11) is 1.33. The summed E-state index contributed by atoms with van der Waals surface area (Å²) >= 11 is 5.93. The molecule has 0 unspecified atom stereocenters. The molecular weight excluding hydrogens is 435 g/mol. The van der Waals surface area contributed by atoms with Crippen molar-refractivity contribution in [3.8, 4) is 11.5 Å². The van der Waals surface area contributed by atoms with Crippen molar-refractivity contribution in [3.63, 3.8) is 0 Å². The first-order valence-corrected chi connectivity index (χ1v) is 9.47. The Bertz CT molecular complexity index is 1150. The van der Waals surface area contributed by atoms with Gasteiger partial charge in [0, 0.05) is 16.8 Å². The third-order valence-corrected chi connectivity index (χ3v) is 4.66. The number of rotatable bonds is 7. The number of alkyl halides is 2. The topological polar surface area (TPSA) is 65.4 Å². The Morgan fingerprint density at radius 3 is 2.52 bits per heavy atom. The minimum Gasteiger partial charge on any atom is -0.490 e. The molecule has 10 heteroatoms. The predicted molar refractivity (Wildman–Crippen MR) is 111 cm³/mol. The van der Waals surface area contributed by atoms with E-state index in [0.717, 1.165) is 0 Å². The molecule has 0 bridgehead atoms. The van der Waals surface area contributed by atoms with Crippen molar-refractivity contribution in [2.24, 2.45) is 0 Å². The number of benzene rings is 2. The second-order valence-corrected chi connectivity index (χ2v) is 7.22. The van der Waals surface area contributed by atoms with Gasteiger partial charge in [-0.1, -0.05) is 17.7 Å². The lowest BCUT2D eigenvalue weighted by atomic mass is 10.1. The van der Waals surface area contributed by atoms with Crippen molar-refractivity contribution in [2.45, 2.75) is 27.0 Å². The highest BCUT2D eigenvalue weighted by Crippen LogP contribution is 2.30. The Hall–Kier alpha value is -3.20. The monoisotopic (exact) mass is 453 g/mol. The van der Waals surface area contributed by atoms with Crippen molar-refractivity contribution in [1.82, 2.24) is 9.55 Å². The second-order valence-electron chi connectivity index (χ2n) is 6.78. The maximum Gasteiger partial charge on any atom is 0.387 e. The molecule has 0 spiro atoms. The highest BCUT2D eigenvalue weighted by molar-refractivity contribution is 6.30. The molecule has 31 heavy (non-hydrogen) atoms. The molecule has 1 aromatic heterocycles. The maximum absolute atomic E-state index is 13.8. The van der Waals surface area contributed by atoms with Crippen molar-refractivity contribution in [2.75, 3.05) is 12.4 Å². The Balaban J connectivity index is 2.04. The van der Waals surface area contributed by atoms with Crippen LogP contribution in [0.15, 0.2) is 41.3 Å². The van der Waals surface area contributed by atoms with Crippen LogP contribution < -0.4 is 20.3 Å². The van der Waals surface area contributed by atoms with Crippen LogP contribution in [0.4, 0.5) is 24.8 Å². The first kappa shape index (κ1) is 22.5. The summed E-state index contributed by atoms with van der Waals surface area (Å²) in [5.74, 6) is -0.444. The average molecular weight is 454 g/mol. The van der Waals surface area contributed by atoms with Gasteiger partial charge in [-0.25, -0.2) is 4.39 Å². The van der Waals surface area contributed by atoms with E-state index < -0.39 is 18.0 Å². The van der Waals surface area contributed by atoms with Crippen molar-refractivity contribution < 1.29 is 22.6 Å². The molecule has 6 nitrogen and oxygen atoms in total. The number of nitrogens with one attached hydrogen (secondary N) is 1. The summed E-state index contributed by atoms with van der Waals surface area (Å²) in [4.78, 5) is 16.2. The van der Waals surface area contributed by atoms with E-state index in [1.807, 2.05) is 0 Å². The second kappa shape index (κ2) is 9.30. The zero-order valence-electron chi connectivity index (χ0n) is 16.9. The van der Waals surface area contributed by atoms with Gasteiger partial charge >= 0.3 is 12.2 Å². The quantitative estimate of drug-likeness (QED) is 0.542. The molecule has 0 saturated carbocycles. The van der Waals surface area contributed by atoms with E-state index in [4.69, 9.17) is 16.3 Å². The summed E-state index contributed by atoms with van der Waals surface area (Å²) in [6.07, 6.45) is 1.41. The molecule has 0 amide bonds.